The fraction of sp³-hybridized carbons (Fsp3) is 0.429. The molecule has 0 aromatic carbocycles. The Labute approximate surface area is 108 Å². The zero-order valence-electron chi connectivity index (χ0n) is 10.9. The molecule has 1 unspecified atom stereocenters. The number of furan rings is 2. The standard InChI is InChI=1S/C14H20N2O2/c1-12(9-15-10-13-5-3-7-17-13)16(2)11-14-6-4-8-18-14/h3-8,12,15H,9-11H2,1-2H3. The quantitative estimate of drug-likeness (QED) is 0.817. The number of hydrogen-bond donors (Lipinski definition) is 1. The maximum Gasteiger partial charge on any atom is 0.117 e. The van der Waals surface area contributed by atoms with E-state index in [0.717, 1.165) is 31.2 Å². The summed E-state index contributed by atoms with van der Waals surface area (Å²) in [7, 11) is 2.10. The molecule has 98 valence electrons. The highest BCUT2D eigenvalue weighted by Crippen LogP contribution is 2.06. The van der Waals surface area contributed by atoms with E-state index in [9.17, 15) is 0 Å². The van der Waals surface area contributed by atoms with Gasteiger partial charge in [-0.15, -0.1) is 0 Å². The molecule has 4 nitrogen and oxygen atoms in total. The predicted molar refractivity (Wildman–Crippen MR) is 70.1 cm³/mol. The van der Waals surface area contributed by atoms with E-state index in [0.29, 0.717) is 6.04 Å². The first-order valence-corrected chi connectivity index (χ1v) is 6.21. The molecule has 4 heteroatoms. The van der Waals surface area contributed by atoms with E-state index in [1.165, 1.54) is 0 Å². The van der Waals surface area contributed by atoms with Crippen LogP contribution in [0.15, 0.2) is 45.6 Å². The Morgan fingerprint density at radius 3 is 2.44 bits per heavy atom. The van der Waals surface area contributed by atoms with Crippen LogP contribution < -0.4 is 5.32 Å². The maximum absolute atomic E-state index is 5.34. The van der Waals surface area contributed by atoms with Gasteiger partial charge in [-0.2, -0.15) is 0 Å². The largest absolute Gasteiger partial charge is 0.468 e. The molecular formula is C14H20N2O2. The summed E-state index contributed by atoms with van der Waals surface area (Å²) in [5.41, 5.74) is 0. The summed E-state index contributed by atoms with van der Waals surface area (Å²) in [4.78, 5) is 2.26. The van der Waals surface area contributed by atoms with Crippen LogP contribution in [0, 0.1) is 0 Å². The molecule has 0 fully saturated rings. The van der Waals surface area contributed by atoms with Gasteiger partial charge in [0.05, 0.1) is 25.6 Å². The molecule has 0 aliphatic rings. The molecule has 2 heterocycles. The Morgan fingerprint density at radius 1 is 1.17 bits per heavy atom. The van der Waals surface area contributed by atoms with Gasteiger partial charge in [-0.05, 0) is 38.2 Å². The van der Waals surface area contributed by atoms with E-state index in [2.05, 4.69) is 24.2 Å². The molecule has 0 saturated heterocycles. The minimum absolute atomic E-state index is 0.435. The van der Waals surface area contributed by atoms with Crippen molar-refractivity contribution in [2.24, 2.45) is 0 Å². The highest BCUT2D eigenvalue weighted by Gasteiger charge is 2.10. The van der Waals surface area contributed by atoms with Gasteiger partial charge in [-0.25, -0.2) is 0 Å². The monoisotopic (exact) mass is 248 g/mol. The molecule has 1 N–H and O–H groups in total. The Balaban J connectivity index is 1.69. The molecule has 0 aliphatic carbocycles. The normalized spacial score (nSPS) is 13.1. The second kappa shape index (κ2) is 6.42. The first kappa shape index (κ1) is 12.9. The van der Waals surface area contributed by atoms with Crippen LogP contribution in [-0.4, -0.2) is 24.5 Å². The molecule has 0 saturated carbocycles. The van der Waals surface area contributed by atoms with Crippen molar-refractivity contribution in [2.45, 2.75) is 26.1 Å². The van der Waals surface area contributed by atoms with Gasteiger partial charge in [-0.3, -0.25) is 4.90 Å². The van der Waals surface area contributed by atoms with Crippen LogP contribution in [0.5, 0.6) is 0 Å². The highest BCUT2D eigenvalue weighted by atomic mass is 16.3. The lowest BCUT2D eigenvalue weighted by Crippen LogP contribution is -2.37. The first-order valence-electron chi connectivity index (χ1n) is 6.21. The van der Waals surface area contributed by atoms with Crippen molar-refractivity contribution in [3.8, 4) is 0 Å². The zero-order valence-corrected chi connectivity index (χ0v) is 10.9. The van der Waals surface area contributed by atoms with Gasteiger partial charge in [0.15, 0.2) is 0 Å². The van der Waals surface area contributed by atoms with Gasteiger partial charge >= 0.3 is 0 Å². The van der Waals surface area contributed by atoms with Crippen molar-refractivity contribution in [1.29, 1.82) is 0 Å². The second-order valence-corrected chi connectivity index (χ2v) is 4.55. The minimum Gasteiger partial charge on any atom is -0.468 e. The smallest absolute Gasteiger partial charge is 0.117 e. The third kappa shape index (κ3) is 3.75. The van der Waals surface area contributed by atoms with Crippen molar-refractivity contribution in [3.05, 3.63) is 48.3 Å². The van der Waals surface area contributed by atoms with Crippen LogP contribution in [0.4, 0.5) is 0 Å². The summed E-state index contributed by atoms with van der Waals surface area (Å²) in [6.45, 7) is 4.71. The van der Waals surface area contributed by atoms with Crippen molar-refractivity contribution < 1.29 is 8.83 Å². The predicted octanol–water partition coefficient (Wildman–Crippen LogP) is 2.48. The lowest BCUT2D eigenvalue weighted by molar-refractivity contribution is 0.223. The summed E-state index contributed by atoms with van der Waals surface area (Å²) in [5, 5.41) is 3.38. The van der Waals surface area contributed by atoms with Crippen molar-refractivity contribution in [3.63, 3.8) is 0 Å². The van der Waals surface area contributed by atoms with E-state index in [-0.39, 0.29) is 0 Å². The van der Waals surface area contributed by atoms with Crippen LogP contribution in [0.25, 0.3) is 0 Å². The van der Waals surface area contributed by atoms with E-state index >= 15 is 0 Å². The lowest BCUT2D eigenvalue weighted by atomic mass is 10.2. The molecule has 0 amide bonds. The van der Waals surface area contributed by atoms with Crippen LogP contribution >= 0.6 is 0 Å². The van der Waals surface area contributed by atoms with E-state index in [4.69, 9.17) is 8.83 Å². The summed E-state index contributed by atoms with van der Waals surface area (Å²) in [5.74, 6) is 1.96. The Hall–Kier alpha value is -1.52. The third-order valence-electron chi connectivity index (χ3n) is 3.06. The summed E-state index contributed by atoms with van der Waals surface area (Å²) < 4.78 is 10.6. The van der Waals surface area contributed by atoms with E-state index in [1.54, 1.807) is 12.5 Å². The van der Waals surface area contributed by atoms with Crippen LogP contribution in [0.2, 0.25) is 0 Å². The van der Waals surface area contributed by atoms with Gasteiger partial charge in [0.1, 0.15) is 11.5 Å². The van der Waals surface area contributed by atoms with Gasteiger partial charge < -0.3 is 14.2 Å². The minimum atomic E-state index is 0.435. The Kier molecular flexibility index (Phi) is 4.61. The van der Waals surface area contributed by atoms with Crippen LogP contribution in [0.3, 0.4) is 0 Å². The summed E-state index contributed by atoms with van der Waals surface area (Å²) >= 11 is 0. The number of likely N-dealkylation sites (N-methyl/N-ethyl adjacent to an activating group) is 1. The van der Waals surface area contributed by atoms with Crippen molar-refractivity contribution >= 4 is 0 Å². The van der Waals surface area contributed by atoms with Gasteiger partial charge in [0.2, 0.25) is 0 Å². The molecule has 0 bridgehead atoms. The molecule has 0 aliphatic heterocycles. The zero-order chi connectivity index (χ0) is 12.8. The summed E-state index contributed by atoms with van der Waals surface area (Å²) in [6.07, 6.45) is 3.41. The van der Waals surface area contributed by atoms with E-state index < -0.39 is 0 Å². The maximum atomic E-state index is 5.34. The Morgan fingerprint density at radius 2 is 1.83 bits per heavy atom. The highest BCUT2D eigenvalue weighted by molar-refractivity contribution is 4.99. The number of nitrogens with zero attached hydrogens (tertiary/aromatic N) is 1. The molecule has 0 radical (unpaired) electrons. The van der Waals surface area contributed by atoms with Gasteiger partial charge in [-0.1, -0.05) is 0 Å². The fourth-order valence-corrected chi connectivity index (χ4v) is 1.78. The van der Waals surface area contributed by atoms with Crippen LogP contribution in [-0.2, 0) is 13.1 Å². The number of nitrogens with one attached hydrogen (secondary N) is 1. The average Bonchev–Trinajstić information content (AvgIpc) is 3.01. The Bertz CT molecular complexity index is 423. The second-order valence-electron chi connectivity index (χ2n) is 4.55. The van der Waals surface area contributed by atoms with Crippen LogP contribution in [0.1, 0.15) is 18.4 Å². The third-order valence-corrected chi connectivity index (χ3v) is 3.06. The van der Waals surface area contributed by atoms with E-state index in [1.807, 2.05) is 24.3 Å². The van der Waals surface area contributed by atoms with Crippen molar-refractivity contribution in [1.82, 2.24) is 10.2 Å². The fourth-order valence-electron chi connectivity index (χ4n) is 1.78. The van der Waals surface area contributed by atoms with Gasteiger partial charge in [0, 0.05) is 12.6 Å². The topological polar surface area (TPSA) is 41.6 Å². The first-order chi connectivity index (χ1) is 8.75. The molecule has 18 heavy (non-hydrogen) atoms. The molecular weight excluding hydrogens is 228 g/mol. The lowest BCUT2D eigenvalue weighted by Gasteiger charge is -2.23. The molecule has 2 aromatic heterocycles. The number of rotatable bonds is 7. The molecule has 2 aromatic rings. The molecule has 2 rings (SSSR count). The molecule has 0 spiro atoms. The van der Waals surface area contributed by atoms with Crippen molar-refractivity contribution in [2.75, 3.05) is 13.6 Å². The van der Waals surface area contributed by atoms with Gasteiger partial charge in [0.25, 0.3) is 0 Å². The number of hydrogen-bond acceptors (Lipinski definition) is 4. The SMILES string of the molecule is CC(CNCc1ccco1)N(C)Cc1ccco1. The summed E-state index contributed by atoms with van der Waals surface area (Å²) in [6, 6.07) is 8.24. The molecule has 1 atom stereocenters. The average molecular weight is 248 g/mol.